The highest BCUT2D eigenvalue weighted by molar-refractivity contribution is 6.75. The third kappa shape index (κ3) is 8.37. The van der Waals surface area contributed by atoms with Crippen LogP contribution in [0.15, 0.2) is 0 Å². The lowest BCUT2D eigenvalue weighted by atomic mass is 10.2. The van der Waals surface area contributed by atoms with E-state index in [0.29, 0.717) is 0 Å². The number of rotatable bonds is 15. The maximum Gasteiger partial charge on any atom is 0.500 e. The van der Waals surface area contributed by atoms with E-state index in [-0.39, 0.29) is 11.9 Å². The van der Waals surface area contributed by atoms with E-state index in [4.69, 9.17) is 17.7 Å². The Kier molecular flexibility index (Phi) is 12.6. The molecule has 0 aliphatic rings. The molecule has 0 heterocycles. The molecule has 0 aliphatic heterocycles. The largest absolute Gasteiger partial charge is 0.519 e. The van der Waals surface area contributed by atoms with E-state index in [1.165, 1.54) is 0 Å². The summed E-state index contributed by atoms with van der Waals surface area (Å²) in [6.45, 7) is 17.1. The van der Waals surface area contributed by atoms with Gasteiger partial charge in [0.15, 0.2) is 0 Å². The molecule has 0 amide bonds. The second kappa shape index (κ2) is 12.6. The van der Waals surface area contributed by atoms with Crippen LogP contribution >= 0.6 is 0 Å². The van der Waals surface area contributed by atoms with Gasteiger partial charge < -0.3 is 22.3 Å². The van der Waals surface area contributed by atoms with Gasteiger partial charge in [-0.15, -0.1) is 0 Å². The Morgan fingerprint density at radius 2 is 1.39 bits per heavy atom. The smallest absolute Gasteiger partial charge is 0.500 e. The average molecular weight is 452 g/mol. The summed E-state index contributed by atoms with van der Waals surface area (Å²) < 4.78 is 25.2. The van der Waals surface area contributed by atoms with Crippen molar-refractivity contribution in [3.8, 4) is 0 Å². The minimum atomic E-state index is -2.55. The van der Waals surface area contributed by atoms with E-state index in [0.717, 1.165) is 43.7 Å². The molecule has 0 aromatic heterocycles. The highest BCUT2D eigenvalue weighted by Gasteiger charge is 2.38. The second-order valence-corrected chi connectivity index (χ2v) is 21.3. The van der Waals surface area contributed by atoms with E-state index in [2.05, 4.69) is 45.0 Å². The van der Waals surface area contributed by atoms with E-state index in [1.54, 1.807) is 21.3 Å². The van der Waals surface area contributed by atoms with Crippen LogP contribution in [0.5, 0.6) is 0 Å². The molecule has 0 radical (unpaired) electrons. The molecule has 0 fully saturated rings. The summed E-state index contributed by atoms with van der Waals surface area (Å²) >= 11 is 0. The molecular weight excluding hydrogens is 406 g/mol. The Morgan fingerprint density at radius 1 is 0.929 bits per heavy atom. The van der Waals surface area contributed by atoms with Crippen LogP contribution in [0.1, 0.15) is 34.1 Å². The average Bonchev–Trinajstić information content (AvgIpc) is 2.68. The van der Waals surface area contributed by atoms with Crippen LogP contribution in [0.3, 0.4) is 0 Å². The zero-order valence-electron chi connectivity index (χ0n) is 20.0. The van der Waals surface area contributed by atoms with Gasteiger partial charge in [-0.05, 0) is 31.1 Å². The first-order valence-corrected chi connectivity index (χ1v) is 18.5. The third-order valence-corrected chi connectivity index (χ3v) is 15.6. The van der Waals surface area contributed by atoms with Crippen LogP contribution in [0.25, 0.3) is 0 Å². The van der Waals surface area contributed by atoms with Crippen molar-refractivity contribution in [1.29, 1.82) is 0 Å². The van der Waals surface area contributed by atoms with E-state index in [9.17, 15) is 4.79 Å². The summed E-state index contributed by atoms with van der Waals surface area (Å²) in [7, 11) is -1.08. The van der Waals surface area contributed by atoms with Gasteiger partial charge in [0.25, 0.3) is 14.3 Å². The lowest BCUT2D eigenvalue weighted by molar-refractivity contribution is -0.139. The predicted octanol–water partition coefficient (Wildman–Crippen LogP) is 4.58. The van der Waals surface area contributed by atoms with Gasteiger partial charge in [-0.2, -0.15) is 0 Å². The molecule has 6 nitrogen and oxygen atoms in total. The molecule has 0 aliphatic carbocycles. The van der Waals surface area contributed by atoms with E-state index >= 15 is 0 Å². The van der Waals surface area contributed by atoms with Crippen LogP contribution in [-0.4, -0.2) is 70.3 Å². The normalized spacial score (nSPS) is 14.4. The molecule has 9 heteroatoms. The van der Waals surface area contributed by atoms with Gasteiger partial charge in [-0.25, -0.2) is 0 Å². The third-order valence-electron chi connectivity index (χ3n) is 5.94. The summed E-state index contributed by atoms with van der Waals surface area (Å²) in [5.74, 6) is -0.132. The SMILES string of the molecule is CC[Si](CC)(CC)OC(=O)C(C)CN(CCC[Si](OC)(OC)OC)[Si](C)(C)C. The Morgan fingerprint density at radius 3 is 1.75 bits per heavy atom. The van der Waals surface area contributed by atoms with Gasteiger partial charge in [-0.1, -0.05) is 47.3 Å². The zero-order valence-corrected chi connectivity index (χ0v) is 23.0. The molecule has 0 spiro atoms. The summed E-state index contributed by atoms with van der Waals surface area (Å²) in [5.41, 5.74) is 0. The minimum absolute atomic E-state index is 0.0186. The molecule has 0 N–H and O–H groups in total. The molecule has 0 saturated carbocycles. The molecule has 0 bridgehead atoms. The van der Waals surface area contributed by atoms with Crippen LogP contribution in [0.2, 0.25) is 43.8 Å². The molecular formula is C19H45NO5Si3. The van der Waals surface area contributed by atoms with Crippen molar-refractivity contribution in [2.75, 3.05) is 34.4 Å². The van der Waals surface area contributed by atoms with Crippen molar-refractivity contribution in [2.45, 2.75) is 77.9 Å². The van der Waals surface area contributed by atoms with Gasteiger partial charge >= 0.3 is 8.80 Å². The maximum atomic E-state index is 12.8. The topological polar surface area (TPSA) is 57.2 Å². The molecule has 1 unspecified atom stereocenters. The van der Waals surface area contributed by atoms with Crippen LogP contribution in [0.4, 0.5) is 0 Å². The lowest BCUT2D eigenvalue weighted by Gasteiger charge is -2.37. The van der Waals surface area contributed by atoms with Gasteiger partial charge in [0.1, 0.15) is 8.24 Å². The molecule has 0 aromatic carbocycles. The van der Waals surface area contributed by atoms with Crippen molar-refractivity contribution in [1.82, 2.24) is 4.57 Å². The van der Waals surface area contributed by atoms with Gasteiger partial charge in [0.05, 0.1) is 5.92 Å². The number of hydrogen-bond donors (Lipinski definition) is 0. The summed E-state index contributed by atoms with van der Waals surface area (Å²) in [6, 6.07) is 3.75. The summed E-state index contributed by atoms with van der Waals surface area (Å²) in [4.78, 5) is 12.8. The van der Waals surface area contributed by atoms with Crippen molar-refractivity contribution >= 4 is 31.3 Å². The van der Waals surface area contributed by atoms with Crippen LogP contribution < -0.4 is 0 Å². The molecule has 168 valence electrons. The zero-order chi connectivity index (χ0) is 22.0. The van der Waals surface area contributed by atoms with E-state index < -0.39 is 25.4 Å². The Bertz CT molecular complexity index is 435. The quantitative estimate of drug-likeness (QED) is 0.340. The lowest BCUT2D eigenvalue weighted by Crippen LogP contribution is -2.51. The Labute approximate surface area is 176 Å². The highest BCUT2D eigenvalue weighted by atomic mass is 28.4. The highest BCUT2D eigenvalue weighted by Crippen LogP contribution is 2.24. The number of carbonyl (C=O) groups excluding carboxylic acids is 1. The van der Waals surface area contributed by atoms with Crippen molar-refractivity contribution in [2.24, 2.45) is 5.92 Å². The summed E-state index contributed by atoms with van der Waals surface area (Å²) in [5, 5.41) is 0. The second-order valence-electron chi connectivity index (χ2n) is 8.58. The Hall–Kier alpha value is -0.0394. The van der Waals surface area contributed by atoms with Crippen LogP contribution in [-0.2, 0) is 22.5 Å². The van der Waals surface area contributed by atoms with Crippen molar-refractivity contribution < 1.29 is 22.5 Å². The maximum absolute atomic E-state index is 12.8. The van der Waals surface area contributed by atoms with E-state index in [1.807, 2.05) is 6.92 Å². The first-order chi connectivity index (χ1) is 13.0. The Balaban J connectivity index is 4.99. The van der Waals surface area contributed by atoms with Gasteiger partial charge in [0.2, 0.25) is 0 Å². The number of nitrogens with zero attached hydrogens (tertiary/aromatic N) is 1. The molecule has 0 rings (SSSR count). The van der Waals surface area contributed by atoms with Gasteiger partial charge in [-0.3, -0.25) is 4.79 Å². The standard InChI is InChI=1S/C19H45NO5Si3/c1-11-27(12-2,13-3)25-19(21)18(4)17-20(26(8,9)10)15-14-16-28(22-5,23-6)24-7/h18H,11-17H2,1-10H3. The number of hydrogen-bond acceptors (Lipinski definition) is 6. The molecule has 28 heavy (non-hydrogen) atoms. The van der Waals surface area contributed by atoms with Crippen molar-refractivity contribution in [3.05, 3.63) is 0 Å². The van der Waals surface area contributed by atoms with Gasteiger partial charge in [0, 0.05) is 33.9 Å². The first kappa shape index (κ1) is 28.0. The monoisotopic (exact) mass is 451 g/mol. The first-order valence-electron chi connectivity index (χ1n) is 10.6. The van der Waals surface area contributed by atoms with Crippen molar-refractivity contribution in [3.63, 3.8) is 0 Å². The molecule has 0 aromatic rings. The number of carbonyl (C=O) groups is 1. The fourth-order valence-corrected chi connectivity index (χ4v) is 9.34. The fraction of sp³-hybridized carbons (Fsp3) is 0.947. The van der Waals surface area contributed by atoms with Crippen LogP contribution in [0, 0.1) is 5.92 Å². The predicted molar refractivity (Wildman–Crippen MR) is 124 cm³/mol. The molecule has 1 atom stereocenters. The summed E-state index contributed by atoms with van der Waals surface area (Å²) in [6.07, 6.45) is 0.922. The minimum Gasteiger partial charge on any atom is -0.519 e. The molecule has 0 saturated heterocycles. The fourth-order valence-electron chi connectivity index (χ4n) is 3.43.